The third-order valence-corrected chi connectivity index (χ3v) is 2.61. The van der Waals surface area contributed by atoms with E-state index in [0.717, 1.165) is 5.75 Å². The third-order valence-electron chi connectivity index (χ3n) is 2.61. The van der Waals surface area contributed by atoms with Gasteiger partial charge in [0.15, 0.2) is 5.78 Å². The first-order valence-corrected chi connectivity index (χ1v) is 5.96. The second-order valence-electron chi connectivity index (χ2n) is 3.97. The fourth-order valence-corrected chi connectivity index (χ4v) is 1.54. The highest BCUT2D eigenvalue weighted by atomic mass is 19.1. The predicted octanol–water partition coefficient (Wildman–Crippen LogP) is 3.61. The molecule has 4 heteroatoms. The monoisotopic (exact) mass is 272 g/mol. The zero-order valence-electron chi connectivity index (χ0n) is 10.9. The fraction of sp³-hybridized carbons (Fsp3) is 0.0625. The highest BCUT2D eigenvalue weighted by Crippen LogP contribution is 2.17. The Morgan fingerprint density at radius 2 is 1.60 bits per heavy atom. The molecule has 0 N–H and O–H groups in total. The summed E-state index contributed by atoms with van der Waals surface area (Å²) in [6.07, 6.45) is 2.59. The summed E-state index contributed by atoms with van der Waals surface area (Å²) in [6.45, 7) is 0. The van der Waals surface area contributed by atoms with Crippen LogP contribution < -0.4 is 9.47 Å². The summed E-state index contributed by atoms with van der Waals surface area (Å²) >= 11 is 0. The van der Waals surface area contributed by atoms with E-state index in [0.29, 0.717) is 11.3 Å². The predicted molar refractivity (Wildman–Crippen MR) is 73.5 cm³/mol. The van der Waals surface area contributed by atoms with Gasteiger partial charge in [-0.25, -0.2) is 4.39 Å². The van der Waals surface area contributed by atoms with Crippen LogP contribution >= 0.6 is 0 Å². The fourth-order valence-electron chi connectivity index (χ4n) is 1.54. The van der Waals surface area contributed by atoms with Gasteiger partial charge < -0.3 is 9.47 Å². The molecule has 0 unspecified atom stereocenters. The molecule has 0 aliphatic heterocycles. The van der Waals surface area contributed by atoms with Crippen LogP contribution in [0.1, 0.15) is 10.4 Å². The minimum atomic E-state index is -0.375. The number of carbonyl (C=O) groups excluding carboxylic acids is 1. The Labute approximate surface area is 116 Å². The molecule has 0 aliphatic carbocycles. The summed E-state index contributed by atoms with van der Waals surface area (Å²) in [5.41, 5.74) is 0.404. The van der Waals surface area contributed by atoms with Crippen molar-refractivity contribution in [3.05, 3.63) is 72.2 Å². The molecule has 2 aromatic rings. The summed E-state index contributed by atoms with van der Waals surface area (Å²) in [6, 6.07) is 12.3. The number of hydrogen-bond acceptors (Lipinski definition) is 3. The molecule has 0 aliphatic rings. The van der Waals surface area contributed by atoms with Gasteiger partial charge in [0.25, 0.3) is 0 Å². The Kier molecular flexibility index (Phi) is 4.50. The van der Waals surface area contributed by atoms with Crippen molar-refractivity contribution < 1.29 is 18.7 Å². The molecule has 0 saturated carbocycles. The Hall–Kier alpha value is -2.62. The SMILES string of the molecule is COc1ccc(O/C=C/C(=O)c2ccc(F)cc2)cc1. The highest BCUT2D eigenvalue weighted by molar-refractivity contribution is 6.04. The van der Waals surface area contributed by atoms with E-state index in [2.05, 4.69) is 0 Å². The lowest BCUT2D eigenvalue weighted by Crippen LogP contribution is -1.95. The van der Waals surface area contributed by atoms with Crippen LogP contribution in [-0.2, 0) is 0 Å². The zero-order valence-corrected chi connectivity index (χ0v) is 10.9. The van der Waals surface area contributed by atoms with Gasteiger partial charge in [0, 0.05) is 11.6 Å². The normalized spacial score (nSPS) is 10.5. The summed E-state index contributed by atoms with van der Waals surface area (Å²) < 4.78 is 23.0. The summed E-state index contributed by atoms with van der Waals surface area (Å²) in [5.74, 6) is 0.691. The quantitative estimate of drug-likeness (QED) is 0.474. The molecule has 2 aromatic carbocycles. The van der Waals surface area contributed by atoms with Crippen molar-refractivity contribution >= 4 is 5.78 Å². The van der Waals surface area contributed by atoms with Crippen LogP contribution in [0.5, 0.6) is 11.5 Å². The number of carbonyl (C=O) groups is 1. The average Bonchev–Trinajstić information content (AvgIpc) is 2.48. The van der Waals surface area contributed by atoms with Crippen molar-refractivity contribution in [2.75, 3.05) is 7.11 Å². The zero-order chi connectivity index (χ0) is 14.4. The number of allylic oxidation sites excluding steroid dienone is 1. The molecular weight excluding hydrogens is 259 g/mol. The lowest BCUT2D eigenvalue weighted by atomic mass is 10.1. The van der Waals surface area contributed by atoms with E-state index in [-0.39, 0.29) is 11.6 Å². The average molecular weight is 272 g/mol. The standard InChI is InChI=1S/C16H13FO3/c1-19-14-6-8-15(9-7-14)20-11-10-16(18)12-2-4-13(17)5-3-12/h2-11H,1H3/b11-10+. The van der Waals surface area contributed by atoms with Crippen LogP contribution in [0.3, 0.4) is 0 Å². The van der Waals surface area contributed by atoms with Crippen LogP contribution in [0.15, 0.2) is 60.9 Å². The van der Waals surface area contributed by atoms with Crippen molar-refractivity contribution in [2.45, 2.75) is 0 Å². The number of halogens is 1. The summed E-state index contributed by atoms with van der Waals surface area (Å²) in [4.78, 5) is 11.7. The molecule has 0 atom stereocenters. The molecule has 0 aromatic heterocycles. The maximum absolute atomic E-state index is 12.7. The van der Waals surface area contributed by atoms with Crippen molar-refractivity contribution in [1.29, 1.82) is 0 Å². The second-order valence-corrected chi connectivity index (χ2v) is 3.97. The van der Waals surface area contributed by atoms with Crippen molar-refractivity contribution in [3.63, 3.8) is 0 Å². The van der Waals surface area contributed by atoms with Gasteiger partial charge in [0.05, 0.1) is 13.4 Å². The second kappa shape index (κ2) is 6.52. The first-order valence-electron chi connectivity index (χ1n) is 5.96. The number of methoxy groups -OCH3 is 1. The van der Waals surface area contributed by atoms with Crippen LogP contribution in [0.25, 0.3) is 0 Å². The van der Waals surface area contributed by atoms with Gasteiger partial charge >= 0.3 is 0 Å². The van der Waals surface area contributed by atoms with Crippen LogP contribution in [0.2, 0.25) is 0 Å². The molecule has 0 heterocycles. The Balaban J connectivity index is 1.95. The van der Waals surface area contributed by atoms with Crippen LogP contribution in [-0.4, -0.2) is 12.9 Å². The lowest BCUT2D eigenvalue weighted by molar-refractivity contribution is 0.104. The molecule has 0 amide bonds. The van der Waals surface area contributed by atoms with Gasteiger partial charge in [-0.05, 0) is 48.5 Å². The smallest absolute Gasteiger partial charge is 0.188 e. The Bertz CT molecular complexity index is 601. The molecular formula is C16H13FO3. The lowest BCUT2D eigenvalue weighted by Gasteiger charge is -2.02. The first-order chi connectivity index (χ1) is 9.69. The van der Waals surface area contributed by atoms with Crippen molar-refractivity contribution in [2.24, 2.45) is 0 Å². The molecule has 20 heavy (non-hydrogen) atoms. The molecule has 0 radical (unpaired) electrons. The first kappa shape index (κ1) is 13.8. The molecule has 0 spiro atoms. The third kappa shape index (κ3) is 3.68. The van der Waals surface area contributed by atoms with Crippen molar-refractivity contribution in [1.82, 2.24) is 0 Å². The number of ketones is 1. The Morgan fingerprint density at radius 1 is 1.00 bits per heavy atom. The van der Waals surface area contributed by atoms with E-state index in [1.165, 1.54) is 36.6 Å². The number of hydrogen-bond donors (Lipinski definition) is 0. The highest BCUT2D eigenvalue weighted by Gasteiger charge is 2.01. The summed E-state index contributed by atoms with van der Waals surface area (Å²) in [7, 11) is 1.58. The van der Waals surface area contributed by atoms with Gasteiger partial charge in [-0.1, -0.05) is 0 Å². The van der Waals surface area contributed by atoms with Gasteiger partial charge in [0.2, 0.25) is 0 Å². The maximum atomic E-state index is 12.7. The van der Waals surface area contributed by atoms with Crippen LogP contribution in [0.4, 0.5) is 4.39 Å². The van der Waals surface area contributed by atoms with E-state index in [9.17, 15) is 9.18 Å². The Morgan fingerprint density at radius 3 is 2.20 bits per heavy atom. The molecule has 0 saturated heterocycles. The molecule has 0 bridgehead atoms. The molecule has 0 fully saturated rings. The maximum Gasteiger partial charge on any atom is 0.188 e. The number of benzene rings is 2. The number of ether oxygens (including phenoxy) is 2. The van der Waals surface area contributed by atoms with E-state index in [1.807, 2.05) is 0 Å². The van der Waals surface area contributed by atoms with E-state index < -0.39 is 0 Å². The van der Waals surface area contributed by atoms with E-state index >= 15 is 0 Å². The van der Waals surface area contributed by atoms with Gasteiger partial charge in [0.1, 0.15) is 17.3 Å². The topological polar surface area (TPSA) is 35.5 Å². The summed E-state index contributed by atoms with van der Waals surface area (Å²) in [5, 5.41) is 0. The van der Waals surface area contributed by atoms with Gasteiger partial charge in [-0.15, -0.1) is 0 Å². The minimum absolute atomic E-state index is 0.251. The minimum Gasteiger partial charge on any atom is -0.497 e. The molecule has 2 rings (SSSR count). The molecule has 3 nitrogen and oxygen atoms in total. The van der Waals surface area contributed by atoms with Crippen LogP contribution in [0, 0.1) is 5.82 Å². The largest absolute Gasteiger partial charge is 0.497 e. The number of rotatable bonds is 5. The van der Waals surface area contributed by atoms with Gasteiger partial charge in [-0.2, -0.15) is 0 Å². The van der Waals surface area contributed by atoms with Crippen molar-refractivity contribution in [3.8, 4) is 11.5 Å². The van der Waals surface area contributed by atoms with E-state index in [1.54, 1.807) is 31.4 Å². The molecule has 102 valence electrons. The van der Waals surface area contributed by atoms with E-state index in [4.69, 9.17) is 9.47 Å². The van der Waals surface area contributed by atoms with Gasteiger partial charge in [-0.3, -0.25) is 4.79 Å².